The second-order valence-electron chi connectivity index (χ2n) is 5.74. The van der Waals surface area contributed by atoms with Crippen LogP contribution in [0.25, 0.3) is 5.65 Å². The molecule has 0 fully saturated rings. The number of aromatic nitrogens is 3. The lowest BCUT2D eigenvalue weighted by molar-refractivity contribution is 0.321. The van der Waals surface area contributed by atoms with Crippen LogP contribution >= 0.6 is 24.0 Å². The number of ether oxygens (including phenoxy) is 2. The molecule has 9 heteroatoms. The summed E-state index contributed by atoms with van der Waals surface area (Å²) in [5.41, 5.74) is 0.852. The number of pyridine rings is 1. The van der Waals surface area contributed by atoms with Gasteiger partial charge in [-0.3, -0.25) is 9.39 Å². The van der Waals surface area contributed by atoms with E-state index in [2.05, 4.69) is 25.8 Å². The number of fused-ring (bicyclic) bond motifs is 1. The molecule has 2 heterocycles. The van der Waals surface area contributed by atoms with Gasteiger partial charge in [0.25, 0.3) is 0 Å². The zero-order valence-corrected chi connectivity index (χ0v) is 18.3. The predicted octanol–water partition coefficient (Wildman–Crippen LogP) is 2.14. The molecule has 0 spiro atoms. The van der Waals surface area contributed by atoms with E-state index in [0.29, 0.717) is 19.7 Å². The highest BCUT2D eigenvalue weighted by atomic mass is 127. The van der Waals surface area contributed by atoms with Crippen molar-refractivity contribution in [2.45, 2.75) is 6.42 Å². The summed E-state index contributed by atoms with van der Waals surface area (Å²) in [5.74, 6) is 3.25. The van der Waals surface area contributed by atoms with Crippen LogP contribution in [0.15, 0.2) is 53.7 Å². The van der Waals surface area contributed by atoms with Crippen LogP contribution < -0.4 is 20.1 Å². The summed E-state index contributed by atoms with van der Waals surface area (Å²) in [4.78, 5) is 4.22. The van der Waals surface area contributed by atoms with E-state index in [9.17, 15) is 0 Å². The number of nitrogens with one attached hydrogen (secondary N) is 2. The summed E-state index contributed by atoms with van der Waals surface area (Å²) in [5, 5.41) is 14.9. The van der Waals surface area contributed by atoms with Crippen molar-refractivity contribution >= 4 is 35.6 Å². The van der Waals surface area contributed by atoms with Crippen molar-refractivity contribution in [1.82, 2.24) is 25.2 Å². The number of rotatable bonds is 8. The topological polar surface area (TPSA) is 85.1 Å². The Balaban J connectivity index is 0.00000280. The van der Waals surface area contributed by atoms with Crippen molar-refractivity contribution in [3.8, 4) is 11.5 Å². The Morgan fingerprint density at radius 1 is 1.04 bits per heavy atom. The van der Waals surface area contributed by atoms with Crippen LogP contribution in [0.3, 0.4) is 0 Å². The fourth-order valence-electron chi connectivity index (χ4n) is 2.58. The van der Waals surface area contributed by atoms with Gasteiger partial charge in [0.05, 0.1) is 13.7 Å². The fourth-order valence-corrected chi connectivity index (χ4v) is 2.58. The van der Waals surface area contributed by atoms with Crippen LogP contribution in [0, 0.1) is 0 Å². The van der Waals surface area contributed by atoms with Gasteiger partial charge in [-0.05, 0) is 36.4 Å². The molecular weight excluding hydrogens is 471 g/mol. The third-order valence-corrected chi connectivity index (χ3v) is 3.97. The quantitative estimate of drug-likeness (QED) is 0.215. The van der Waals surface area contributed by atoms with Gasteiger partial charge < -0.3 is 20.1 Å². The lowest BCUT2D eigenvalue weighted by Gasteiger charge is -2.12. The molecular formula is C19H25IN6O2. The molecule has 3 rings (SSSR count). The lowest BCUT2D eigenvalue weighted by Crippen LogP contribution is -2.40. The van der Waals surface area contributed by atoms with E-state index in [-0.39, 0.29) is 24.0 Å². The van der Waals surface area contributed by atoms with Crippen LogP contribution in [0.5, 0.6) is 11.5 Å². The van der Waals surface area contributed by atoms with Gasteiger partial charge in [-0.25, -0.2) is 0 Å². The Bertz CT molecular complexity index is 882. The van der Waals surface area contributed by atoms with Gasteiger partial charge >= 0.3 is 0 Å². The first-order valence-electron chi connectivity index (χ1n) is 8.80. The molecule has 0 atom stereocenters. The molecule has 0 unspecified atom stereocenters. The molecule has 8 nitrogen and oxygen atoms in total. The normalized spacial score (nSPS) is 11.0. The number of guanidine groups is 1. The second kappa shape index (κ2) is 11.3. The summed E-state index contributed by atoms with van der Waals surface area (Å²) >= 11 is 0. The Morgan fingerprint density at radius 3 is 2.54 bits per heavy atom. The Morgan fingerprint density at radius 2 is 1.79 bits per heavy atom. The molecule has 2 aromatic heterocycles. The summed E-state index contributed by atoms with van der Waals surface area (Å²) in [6.45, 7) is 1.87. The van der Waals surface area contributed by atoms with E-state index in [1.165, 1.54) is 0 Å². The molecule has 0 aliphatic rings. The molecule has 0 amide bonds. The lowest BCUT2D eigenvalue weighted by atomic mass is 10.3. The average Bonchev–Trinajstić information content (AvgIpc) is 3.13. The molecule has 0 radical (unpaired) electrons. The van der Waals surface area contributed by atoms with E-state index in [1.54, 1.807) is 14.2 Å². The minimum Gasteiger partial charge on any atom is -0.497 e. The molecule has 2 N–H and O–H groups in total. The van der Waals surface area contributed by atoms with E-state index in [0.717, 1.165) is 35.4 Å². The van der Waals surface area contributed by atoms with Gasteiger partial charge in [-0.15, -0.1) is 34.2 Å². The van der Waals surface area contributed by atoms with Crippen LogP contribution in [0.1, 0.15) is 5.82 Å². The van der Waals surface area contributed by atoms with Crippen LogP contribution in [-0.4, -0.2) is 54.4 Å². The van der Waals surface area contributed by atoms with Crippen molar-refractivity contribution in [3.05, 3.63) is 54.5 Å². The van der Waals surface area contributed by atoms with Crippen LogP contribution in [0.2, 0.25) is 0 Å². The van der Waals surface area contributed by atoms with Gasteiger partial charge in [-0.2, -0.15) is 0 Å². The third kappa shape index (κ3) is 5.98. The van der Waals surface area contributed by atoms with Gasteiger partial charge in [0, 0.05) is 26.2 Å². The first kappa shape index (κ1) is 21.7. The van der Waals surface area contributed by atoms with Crippen molar-refractivity contribution < 1.29 is 9.47 Å². The van der Waals surface area contributed by atoms with E-state index >= 15 is 0 Å². The highest BCUT2D eigenvalue weighted by molar-refractivity contribution is 14.0. The number of hydrogen-bond donors (Lipinski definition) is 2. The number of halogens is 1. The number of hydrogen-bond acceptors (Lipinski definition) is 5. The predicted molar refractivity (Wildman–Crippen MR) is 120 cm³/mol. The van der Waals surface area contributed by atoms with Gasteiger partial charge in [0.1, 0.15) is 23.9 Å². The fraction of sp³-hybridized carbons (Fsp3) is 0.316. The molecule has 0 aliphatic carbocycles. The summed E-state index contributed by atoms with van der Waals surface area (Å²) < 4.78 is 12.8. The minimum atomic E-state index is 0. The number of nitrogens with zero attached hydrogens (tertiary/aromatic N) is 4. The molecule has 150 valence electrons. The minimum absolute atomic E-state index is 0. The Kier molecular flexibility index (Phi) is 8.79. The van der Waals surface area contributed by atoms with E-state index in [1.807, 2.05) is 53.1 Å². The highest BCUT2D eigenvalue weighted by Gasteiger charge is 2.05. The molecule has 0 bridgehead atoms. The van der Waals surface area contributed by atoms with E-state index in [4.69, 9.17) is 9.47 Å². The Hall–Kier alpha value is -2.56. The molecule has 3 aromatic rings. The molecule has 28 heavy (non-hydrogen) atoms. The maximum Gasteiger partial charge on any atom is 0.191 e. The Labute approximate surface area is 181 Å². The number of aliphatic imine (C=N–C) groups is 1. The molecule has 0 saturated heterocycles. The smallest absolute Gasteiger partial charge is 0.191 e. The largest absolute Gasteiger partial charge is 0.497 e. The standard InChI is InChI=1S/C19H24N6O2.HI/c1-20-19(22-12-14-27-16-8-6-15(26-2)7-9-16)21-11-10-18-24-23-17-5-3-4-13-25(17)18;/h3-9,13H,10-12,14H2,1-2H3,(H2,20,21,22);1H. The summed E-state index contributed by atoms with van der Waals surface area (Å²) in [6, 6.07) is 13.4. The maximum atomic E-state index is 5.69. The van der Waals surface area contributed by atoms with Crippen molar-refractivity contribution in [2.24, 2.45) is 4.99 Å². The van der Waals surface area contributed by atoms with Crippen molar-refractivity contribution in [3.63, 3.8) is 0 Å². The summed E-state index contributed by atoms with van der Waals surface area (Å²) in [6.07, 6.45) is 2.71. The van der Waals surface area contributed by atoms with Crippen molar-refractivity contribution in [1.29, 1.82) is 0 Å². The van der Waals surface area contributed by atoms with Crippen LogP contribution in [0.4, 0.5) is 0 Å². The monoisotopic (exact) mass is 496 g/mol. The van der Waals surface area contributed by atoms with E-state index < -0.39 is 0 Å². The number of methoxy groups -OCH3 is 1. The molecule has 1 aromatic carbocycles. The van der Waals surface area contributed by atoms with Gasteiger partial charge in [-0.1, -0.05) is 6.07 Å². The molecule has 0 saturated carbocycles. The van der Waals surface area contributed by atoms with Gasteiger partial charge in [0.2, 0.25) is 0 Å². The number of benzene rings is 1. The SMILES string of the molecule is CN=C(NCCOc1ccc(OC)cc1)NCCc1nnc2ccccn12.I. The highest BCUT2D eigenvalue weighted by Crippen LogP contribution is 2.16. The second-order valence-corrected chi connectivity index (χ2v) is 5.74. The van der Waals surface area contributed by atoms with Crippen molar-refractivity contribution in [2.75, 3.05) is 33.9 Å². The first-order valence-corrected chi connectivity index (χ1v) is 8.80. The van der Waals surface area contributed by atoms with Crippen LogP contribution in [-0.2, 0) is 6.42 Å². The molecule has 0 aliphatic heterocycles. The maximum absolute atomic E-state index is 5.69. The zero-order chi connectivity index (χ0) is 18.9. The summed E-state index contributed by atoms with van der Waals surface area (Å²) in [7, 11) is 3.38. The third-order valence-electron chi connectivity index (χ3n) is 3.97. The average molecular weight is 496 g/mol. The zero-order valence-electron chi connectivity index (χ0n) is 16.0. The van der Waals surface area contributed by atoms with Gasteiger partial charge in [0.15, 0.2) is 11.6 Å². The first-order chi connectivity index (χ1) is 13.3.